The number of nitrogens with one attached hydrogen (secondary N) is 1. The normalized spacial score (nSPS) is 11.4. The third-order valence-electron chi connectivity index (χ3n) is 3.45. The second-order valence-electron chi connectivity index (χ2n) is 5.30. The lowest BCUT2D eigenvalue weighted by Crippen LogP contribution is -2.30. The van der Waals surface area contributed by atoms with E-state index in [-0.39, 0.29) is 22.0 Å². The Labute approximate surface area is 164 Å². The molecule has 0 saturated heterocycles. The average molecular weight is 413 g/mol. The molecule has 2 aromatic carbocycles. The minimum Gasteiger partial charge on any atom is -0.490 e. The fourth-order valence-corrected chi connectivity index (χ4v) is 2.41. The van der Waals surface area contributed by atoms with Crippen molar-refractivity contribution in [1.29, 1.82) is 0 Å². The van der Waals surface area contributed by atoms with E-state index >= 15 is 0 Å². The Balaban J connectivity index is 2.10. The summed E-state index contributed by atoms with van der Waals surface area (Å²) in [6.07, 6.45) is -1.19. The van der Waals surface area contributed by atoms with Crippen LogP contribution < -0.4 is 10.1 Å². The van der Waals surface area contributed by atoms with Gasteiger partial charge in [0.2, 0.25) is 0 Å². The van der Waals surface area contributed by atoms with Gasteiger partial charge in [-0.3, -0.25) is 14.9 Å². The number of nitro groups is 1. The molecule has 0 unspecified atom stereocenters. The molecule has 0 aliphatic rings. The lowest BCUT2D eigenvalue weighted by Gasteiger charge is -2.14. The van der Waals surface area contributed by atoms with Gasteiger partial charge in [0.1, 0.15) is 0 Å². The molecule has 0 saturated carbocycles. The Morgan fingerprint density at radius 3 is 2.52 bits per heavy atom. The molecule has 10 heteroatoms. The maximum absolute atomic E-state index is 12.2. The van der Waals surface area contributed by atoms with Crippen molar-refractivity contribution in [3.8, 4) is 5.75 Å². The fourth-order valence-electron chi connectivity index (χ4n) is 2.07. The van der Waals surface area contributed by atoms with E-state index in [0.717, 1.165) is 6.07 Å². The maximum Gasteiger partial charge on any atom is 0.339 e. The number of methoxy groups -OCH3 is 1. The lowest BCUT2D eigenvalue weighted by atomic mass is 10.2. The third-order valence-corrected chi connectivity index (χ3v) is 4.02. The van der Waals surface area contributed by atoms with Crippen molar-refractivity contribution in [2.75, 3.05) is 12.4 Å². The van der Waals surface area contributed by atoms with Crippen LogP contribution in [0.4, 0.5) is 11.4 Å². The summed E-state index contributed by atoms with van der Waals surface area (Å²) in [6.45, 7) is 1.35. The number of ether oxygens (including phenoxy) is 2. The molecule has 8 nitrogen and oxygen atoms in total. The molecule has 0 radical (unpaired) electrons. The molecule has 0 aliphatic carbocycles. The molecule has 0 spiro atoms. The number of nitro benzene ring substituents is 1. The van der Waals surface area contributed by atoms with Crippen LogP contribution >= 0.6 is 23.2 Å². The molecular formula is C17H14Cl2N2O6. The molecule has 27 heavy (non-hydrogen) atoms. The van der Waals surface area contributed by atoms with Crippen molar-refractivity contribution >= 4 is 46.5 Å². The number of carbonyl (C=O) groups is 2. The summed E-state index contributed by atoms with van der Waals surface area (Å²) in [5, 5.41) is 14.2. The summed E-state index contributed by atoms with van der Waals surface area (Å²) in [4.78, 5) is 34.7. The van der Waals surface area contributed by atoms with E-state index in [0.29, 0.717) is 5.02 Å². The van der Waals surface area contributed by atoms with Crippen LogP contribution in [0, 0.1) is 10.1 Å². The molecule has 0 heterocycles. The number of hydrogen-bond acceptors (Lipinski definition) is 6. The predicted octanol–water partition coefficient (Wildman–Crippen LogP) is 4.09. The van der Waals surface area contributed by atoms with Crippen LogP contribution in [-0.2, 0) is 9.53 Å². The first-order valence-electron chi connectivity index (χ1n) is 7.52. The average Bonchev–Trinajstić information content (AvgIpc) is 2.63. The standard InChI is InChI=1S/C17H14Cl2N2O6/c1-9(16(22)20-13-8-11(18)4-5-12(13)19)27-17(23)10-3-6-15(26-2)14(7-10)21(24)25/h3-9H,1-2H3,(H,20,22)/t9-/m1/s1. The van der Waals surface area contributed by atoms with Gasteiger partial charge in [-0.2, -0.15) is 0 Å². The van der Waals surface area contributed by atoms with E-state index in [1.807, 2.05) is 0 Å². The van der Waals surface area contributed by atoms with E-state index in [1.165, 1.54) is 38.3 Å². The van der Waals surface area contributed by atoms with E-state index in [9.17, 15) is 19.7 Å². The molecule has 142 valence electrons. The van der Waals surface area contributed by atoms with Gasteiger partial charge in [0.05, 0.1) is 28.3 Å². The molecular weight excluding hydrogens is 399 g/mol. The summed E-state index contributed by atoms with van der Waals surface area (Å²) in [7, 11) is 1.27. The SMILES string of the molecule is COc1ccc(C(=O)O[C@H](C)C(=O)Nc2cc(Cl)ccc2Cl)cc1[N+](=O)[O-]. The van der Waals surface area contributed by atoms with E-state index in [1.54, 1.807) is 6.07 Å². The van der Waals surface area contributed by atoms with Gasteiger partial charge in [-0.15, -0.1) is 0 Å². The van der Waals surface area contributed by atoms with E-state index in [4.69, 9.17) is 32.7 Å². The van der Waals surface area contributed by atoms with Crippen molar-refractivity contribution in [2.45, 2.75) is 13.0 Å². The molecule has 1 N–H and O–H groups in total. The zero-order valence-corrected chi connectivity index (χ0v) is 15.7. The Morgan fingerprint density at radius 2 is 1.89 bits per heavy atom. The van der Waals surface area contributed by atoms with Crippen molar-refractivity contribution in [2.24, 2.45) is 0 Å². The Morgan fingerprint density at radius 1 is 1.19 bits per heavy atom. The maximum atomic E-state index is 12.2. The monoisotopic (exact) mass is 412 g/mol. The molecule has 0 fully saturated rings. The van der Waals surface area contributed by atoms with Crippen LogP contribution in [0.25, 0.3) is 0 Å². The molecule has 2 rings (SSSR count). The number of rotatable bonds is 6. The summed E-state index contributed by atoms with van der Waals surface area (Å²) in [5.74, 6) is -1.55. The molecule has 2 aromatic rings. The quantitative estimate of drug-likeness (QED) is 0.434. The van der Waals surface area contributed by atoms with Crippen LogP contribution in [0.15, 0.2) is 36.4 Å². The molecule has 0 aromatic heterocycles. The van der Waals surface area contributed by atoms with Crippen LogP contribution in [0.1, 0.15) is 17.3 Å². The molecule has 0 bridgehead atoms. The van der Waals surface area contributed by atoms with Crippen LogP contribution in [0.3, 0.4) is 0 Å². The summed E-state index contributed by atoms with van der Waals surface area (Å²) in [6, 6.07) is 8.09. The first-order valence-corrected chi connectivity index (χ1v) is 8.28. The van der Waals surface area contributed by atoms with Gasteiger partial charge in [0.15, 0.2) is 11.9 Å². The minimum absolute atomic E-state index is 0.00191. The second kappa shape index (κ2) is 8.70. The van der Waals surface area contributed by atoms with Gasteiger partial charge in [0.25, 0.3) is 5.91 Å². The number of hydrogen-bond donors (Lipinski definition) is 1. The predicted molar refractivity (Wildman–Crippen MR) is 99.6 cm³/mol. The van der Waals surface area contributed by atoms with Gasteiger partial charge in [0, 0.05) is 11.1 Å². The minimum atomic E-state index is -1.19. The highest BCUT2D eigenvalue weighted by Gasteiger charge is 2.23. The van der Waals surface area contributed by atoms with Gasteiger partial charge in [-0.05, 0) is 37.3 Å². The first kappa shape index (κ1) is 20.5. The molecule has 1 atom stereocenters. The number of nitrogens with zero attached hydrogens (tertiary/aromatic N) is 1. The van der Waals surface area contributed by atoms with Crippen molar-refractivity contribution < 1.29 is 24.0 Å². The number of amides is 1. The topological polar surface area (TPSA) is 108 Å². The van der Waals surface area contributed by atoms with Crippen molar-refractivity contribution in [3.63, 3.8) is 0 Å². The highest BCUT2D eigenvalue weighted by Crippen LogP contribution is 2.28. The number of carbonyl (C=O) groups excluding carboxylic acids is 2. The number of esters is 1. The lowest BCUT2D eigenvalue weighted by molar-refractivity contribution is -0.385. The molecule has 1 amide bonds. The third kappa shape index (κ3) is 5.08. The summed E-state index contributed by atoms with van der Waals surface area (Å²) >= 11 is 11.8. The highest BCUT2D eigenvalue weighted by molar-refractivity contribution is 6.35. The second-order valence-corrected chi connectivity index (χ2v) is 6.15. The Kier molecular flexibility index (Phi) is 6.59. The van der Waals surface area contributed by atoms with Gasteiger partial charge in [-0.1, -0.05) is 23.2 Å². The van der Waals surface area contributed by atoms with E-state index in [2.05, 4.69) is 5.32 Å². The smallest absolute Gasteiger partial charge is 0.339 e. The largest absolute Gasteiger partial charge is 0.490 e. The van der Waals surface area contributed by atoms with Crippen LogP contribution in [0.2, 0.25) is 10.0 Å². The Bertz CT molecular complexity index is 903. The first-order chi connectivity index (χ1) is 12.7. The van der Waals surface area contributed by atoms with Crippen molar-refractivity contribution in [3.05, 3.63) is 62.1 Å². The highest BCUT2D eigenvalue weighted by atomic mass is 35.5. The summed E-state index contributed by atoms with van der Waals surface area (Å²) in [5.41, 5.74) is -0.227. The van der Waals surface area contributed by atoms with Crippen LogP contribution in [0.5, 0.6) is 5.75 Å². The Hall–Kier alpha value is -2.84. The number of benzene rings is 2. The zero-order chi connectivity index (χ0) is 20.1. The van der Waals surface area contributed by atoms with Crippen LogP contribution in [-0.4, -0.2) is 30.0 Å². The van der Waals surface area contributed by atoms with E-state index < -0.39 is 28.6 Å². The van der Waals surface area contributed by atoms with Gasteiger partial charge in [-0.25, -0.2) is 4.79 Å². The zero-order valence-electron chi connectivity index (χ0n) is 14.2. The van der Waals surface area contributed by atoms with Crippen molar-refractivity contribution in [1.82, 2.24) is 0 Å². The summed E-state index contributed by atoms with van der Waals surface area (Å²) < 4.78 is 9.93. The van der Waals surface area contributed by atoms with Gasteiger partial charge < -0.3 is 14.8 Å². The molecule has 0 aliphatic heterocycles. The number of halogens is 2. The number of anilines is 1. The van der Waals surface area contributed by atoms with Gasteiger partial charge >= 0.3 is 11.7 Å². The fraction of sp³-hybridized carbons (Fsp3) is 0.176.